The maximum absolute atomic E-state index is 12.8. The number of nitrogens with zero attached hydrogens (tertiary/aromatic N) is 2. The highest BCUT2D eigenvalue weighted by Crippen LogP contribution is 2.44. The number of carboxylic acid groups (broad SMARTS) is 1. The molecule has 0 radical (unpaired) electrons. The smallest absolute Gasteiger partial charge is 0.408 e. The molecule has 5 rings (SSSR count). The fourth-order valence-electron chi connectivity index (χ4n) is 4.33. The first kappa shape index (κ1) is 20.7. The van der Waals surface area contributed by atoms with Gasteiger partial charge < -0.3 is 20.5 Å². The van der Waals surface area contributed by atoms with Crippen molar-refractivity contribution in [2.45, 2.75) is 24.3 Å². The second kappa shape index (κ2) is 7.77. The van der Waals surface area contributed by atoms with Crippen LogP contribution < -0.4 is 10.6 Å². The van der Waals surface area contributed by atoms with Gasteiger partial charge in [0, 0.05) is 13.0 Å². The summed E-state index contributed by atoms with van der Waals surface area (Å²) in [7, 11) is 1.53. The number of fused-ring (bicyclic) bond motifs is 3. The SMILES string of the molecule is Cn1ncc(C(=O)O)c1NC(=O)C1(NC(=O)OCC2c3ccccc3-c3ccccc32)CC1. The first-order valence-electron chi connectivity index (χ1n) is 10.6. The number of amides is 2. The van der Waals surface area contributed by atoms with Crippen molar-refractivity contribution in [1.29, 1.82) is 0 Å². The number of hydrogen-bond acceptors (Lipinski definition) is 5. The molecule has 9 nitrogen and oxygen atoms in total. The minimum absolute atomic E-state index is 0.0631. The Bertz CT molecular complexity index is 1230. The van der Waals surface area contributed by atoms with E-state index in [4.69, 9.17) is 4.74 Å². The fraction of sp³-hybridized carbons (Fsp3) is 0.250. The van der Waals surface area contributed by atoms with E-state index in [0.717, 1.165) is 28.5 Å². The van der Waals surface area contributed by atoms with E-state index in [1.54, 1.807) is 0 Å². The van der Waals surface area contributed by atoms with Gasteiger partial charge in [0.05, 0.1) is 6.20 Å². The second-order valence-corrected chi connectivity index (χ2v) is 8.32. The van der Waals surface area contributed by atoms with Crippen LogP contribution in [-0.4, -0.2) is 45.0 Å². The zero-order valence-electron chi connectivity index (χ0n) is 17.9. The average molecular weight is 446 g/mol. The average Bonchev–Trinajstić information content (AvgIpc) is 3.39. The van der Waals surface area contributed by atoms with Gasteiger partial charge in [0.2, 0.25) is 0 Å². The van der Waals surface area contributed by atoms with E-state index in [-0.39, 0.29) is 23.9 Å². The van der Waals surface area contributed by atoms with E-state index < -0.39 is 23.5 Å². The number of aromatic carboxylic acids is 1. The summed E-state index contributed by atoms with van der Waals surface area (Å²) in [4.78, 5) is 36.8. The van der Waals surface area contributed by atoms with Gasteiger partial charge in [0.15, 0.2) is 0 Å². The third kappa shape index (κ3) is 3.61. The summed E-state index contributed by atoms with van der Waals surface area (Å²) in [5.41, 5.74) is 3.22. The van der Waals surface area contributed by atoms with Gasteiger partial charge in [-0.05, 0) is 35.1 Å². The van der Waals surface area contributed by atoms with Crippen molar-refractivity contribution in [3.8, 4) is 11.1 Å². The molecule has 2 amide bonds. The number of alkyl carbamates (subject to hydrolysis) is 1. The van der Waals surface area contributed by atoms with Crippen LogP contribution in [0.5, 0.6) is 0 Å². The molecule has 33 heavy (non-hydrogen) atoms. The van der Waals surface area contributed by atoms with E-state index >= 15 is 0 Å². The molecule has 0 unspecified atom stereocenters. The molecule has 1 saturated carbocycles. The number of rotatable bonds is 6. The number of carbonyl (C=O) groups excluding carboxylic acids is 2. The second-order valence-electron chi connectivity index (χ2n) is 8.32. The monoisotopic (exact) mass is 446 g/mol. The number of aryl methyl sites for hydroxylation is 1. The quantitative estimate of drug-likeness (QED) is 0.535. The summed E-state index contributed by atoms with van der Waals surface area (Å²) in [6.45, 7) is 0.141. The molecule has 1 fully saturated rings. The van der Waals surface area contributed by atoms with E-state index in [2.05, 4.69) is 27.9 Å². The third-order valence-electron chi connectivity index (χ3n) is 6.27. The standard InChI is InChI=1S/C24H22N4O5/c1-28-20(18(12-25-28)21(29)30)26-22(31)24(10-11-24)27-23(32)33-13-19-16-8-4-2-6-14(16)15-7-3-5-9-17(15)19/h2-9,12,19H,10-11,13H2,1H3,(H,26,31)(H,27,32)(H,29,30). The Hall–Kier alpha value is -4.14. The summed E-state index contributed by atoms with van der Waals surface area (Å²) in [5.74, 6) is -1.72. The van der Waals surface area contributed by atoms with E-state index in [0.29, 0.717) is 12.8 Å². The number of ether oxygens (including phenoxy) is 1. The molecule has 2 aliphatic carbocycles. The van der Waals surface area contributed by atoms with Crippen LogP contribution in [0.1, 0.15) is 40.2 Å². The van der Waals surface area contributed by atoms with Gasteiger partial charge in [-0.25, -0.2) is 9.59 Å². The fourth-order valence-corrected chi connectivity index (χ4v) is 4.33. The minimum Gasteiger partial charge on any atom is -0.477 e. The lowest BCUT2D eigenvalue weighted by Gasteiger charge is -2.19. The number of carboxylic acids is 1. The van der Waals surface area contributed by atoms with Crippen molar-refractivity contribution < 1.29 is 24.2 Å². The molecule has 2 aromatic carbocycles. The van der Waals surface area contributed by atoms with Crippen LogP contribution in [0, 0.1) is 0 Å². The van der Waals surface area contributed by atoms with Crippen molar-refractivity contribution >= 4 is 23.8 Å². The van der Waals surface area contributed by atoms with Crippen molar-refractivity contribution in [2.75, 3.05) is 11.9 Å². The predicted molar refractivity (Wildman–Crippen MR) is 119 cm³/mol. The summed E-state index contributed by atoms with van der Waals surface area (Å²) in [6.07, 6.45) is 1.34. The van der Waals surface area contributed by atoms with Crippen LogP contribution in [0.3, 0.4) is 0 Å². The summed E-state index contributed by atoms with van der Waals surface area (Å²) in [6, 6.07) is 16.1. The topological polar surface area (TPSA) is 123 Å². The molecule has 3 N–H and O–H groups in total. The Morgan fingerprint density at radius 1 is 1.09 bits per heavy atom. The Morgan fingerprint density at radius 3 is 2.27 bits per heavy atom. The van der Waals surface area contributed by atoms with Crippen LogP contribution >= 0.6 is 0 Å². The Kier molecular flexibility index (Phi) is 4.88. The van der Waals surface area contributed by atoms with Crippen molar-refractivity contribution in [3.63, 3.8) is 0 Å². The Morgan fingerprint density at radius 2 is 1.70 bits per heavy atom. The highest BCUT2D eigenvalue weighted by molar-refractivity contribution is 6.05. The molecule has 0 aliphatic heterocycles. The van der Waals surface area contributed by atoms with Gasteiger partial charge in [-0.2, -0.15) is 5.10 Å². The van der Waals surface area contributed by atoms with Crippen molar-refractivity contribution in [3.05, 3.63) is 71.4 Å². The van der Waals surface area contributed by atoms with Crippen LogP contribution in [0.2, 0.25) is 0 Å². The molecule has 0 atom stereocenters. The minimum atomic E-state index is -1.20. The van der Waals surface area contributed by atoms with E-state index in [1.165, 1.54) is 11.7 Å². The highest BCUT2D eigenvalue weighted by atomic mass is 16.5. The largest absolute Gasteiger partial charge is 0.477 e. The lowest BCUT2D eigenvalue weighted by molar-refractivity contribution is -0.119. The number of benzene rings is 2. The summed E-state index contributed by atoms with van der Waals surface area (Å²) in [5, 5.41) is 18.4. The highest BCUT2D eigenvalue weighted by Gasteiger charge is 2.52. The Labute approximate surface area is 189 Å². The normalized spacial score (nSPS) is 15.3. The number of hydrogen-bond donors (Lipinski definition) is 3. The number of nitrogens with one attached hydrogen (secondary N) is 2. The van der Waals surface area contributed by atoms with Gasteiger partial charge >= 0.3 is 12.1 Å². The van der Waals surface area contributed by atoms with Gasteiger partial charge in [-0.3, -0.25) is 9.48 Å². The third-order valence-corrected chi connectivity index (χ3v) is 6.27. The van der Waals surface area contributed by atoms with Crippen LogP contribution in [0.4, 0.5) is 10.6 Å². The lowest BCUT2D eigenvalue weighted by atomic mass is 9.98. The zero-order chi connectivity index (χ0) is 23.2. The predicted octanol–water partition coefficient (Wildman–Crippen LogP) is 3.13. The molecule has 0 bridgehead atoms. The first-order valence-corrected chi connectivity index (χ1v) is 10.6. The maximum atomic E-state index is 12.8. The number of carbonyl (C=O) groups is 3. The van der Waals surface area contributed by atoms with Crippen LogP contribution in [0.25, 0.3) is 11.1 Å². The first-order chi connectivity index (χ1) is 15.9. The molecule has 2 aliphatic rings. The molecule has 1 heterocycles. The van der Waals surface area contributed by atoms with Crippen molar-refractivity contribution in [2.24, 2.45) is 7.05 Å². The van der Waals surface area contributed by atoms with Gasteiger partial charge in [-0.1, -0.05) is 48.5 Å². The molecule has 1 aromatic heterocycles. The molecule has 0 saturated heterocycles. The molecule has 168 valence electrons. The van der Waals surface area contributed by atoms with Crippen LogP contribution in [0.15, 0.2) is 54.7 Å². The Balaban J connectivity index is 1.25. The summed E-state index contributed by atoms with van der Waals surface area (Å²) >= 11 is 0. The molecular formula is C24H22N4O5. The summed E-state index contributed by atoms with van der Waals surface area (Å²) < 4.78 is 6.81. The van der Waals surface area contributed by atoms with E-state index in [1.807, 2.05) is 36.4 Å². The van der Waals surface area contributed by atoms with Gasteiger partial charge in [-0.15, -0.1) is 0 Å². The van der Waals surface area contributed by atoms with Gasteiger partial charge in [0.1, 0.15) is 23.5 Å². The number of aromatic nitrogens is 2. The zero-order valence-corrected chi connectivity index (χ0v) is 17.9. The van der Waals surface area contributed by atoms with Crippen molar-refractivity contribution in [1.82, 2.24) is 15.1 Å². The maximum Gasteiger partial charge on any atom is 0.408 e. The van der Waals surface area contributed by atoms with E-state index in [9.17, 15) is 19.5 Å². The molecule has 3 aromatic rings. The molecular weight excluding hydrogens is 424 g/mol. The number of anilines is 1. The molecule has 9 heteroatoms. The van der Waals surface area contributed by atoms with Crippen LogP contribution in [-0.2, 0) is 16.6 Å². The lowest BCUT2D eigenvalue weighted by Crippen LogP contribution is -2.46. The van der Waals surface area contributed by atoms with Gasteiger partial charge in [0.25, 0.3) is 5.91 Å². The molecule has 0 spiro atoms.